The third-order valence-electron chi connectivity index (χ3n) is 1.68. The van der Waals surface area contributed by atoms with Crippen molar-refractivity contribution in [1.29, 1.82) is 0 Å². The molecule has 1 aromatic rings. The van der Waals surface area contributed by atoms with Crippen molar-refractivity contribution in [3.63, 3.8) is 0 Å². The first kappa shape index (κ1) is 15.4. The second-order valence-electron chi connectivity index (χ2n) is 2.73. The van der Waals surface area contributed by atoms with Crippen LogP contribution in [0.25, 0.3) is 0 Å². The van der Waals surface area contributed by atoms with Gasteiger partial charge in [0.05, 0.1) is 15.1 Å². The van der Waals surface area contributed by atoms with Gasteiger partial charge in [0.15, 0.2) is 14.3 Å². The predicted molar refractivity (Wildman–Crippen MR) is 80.9 cm³/mol. The van der Waals surface area contributed by atoms with Crippen molar-refractivity contribution in [3.8, 4) is 5.75 Å². The Morgan fingerprint density at radius 2 is 1.50 bits per heavy atom. The number of nitrogens with zero attached hydrogens (tertiary/aromatic N) is 2. The van der Waals surface area contributed by atoms with Crippen LogP contribution in [0.4, 0.5) is 0 Å². The van der Waals surface area contributed by atoms with Gasteiger partial charge in [-0.3, -0.25) is 0 Å². The summed E-state index contributed by atoms with van der Waals surface area (Å²) in [5, 5.41) is 0.482. The van der Waals surface area contributed by atoms with Gasteiger partial charge in [0.2, 0.25) is 0 Å². The summed E-state index contributed by atoms with van der Waals surface area (Å²) in [6, 6.07) is 0. The average molecular weight is 401 g/mol. The van der Waals surface area contributed by atoms with Crippen molar-refractivity contribution in [3.05, 3.63) is 25.1 Å². The molecule has 0 amide bonds. The molecule has 1 aliphatic rings. The van der Waals surface area contributed by atoms with E-state index < -0.39 is 8.45 Å². The van der Waals surface area contributed by atoms with Gasteiger partial charge in [-0.25, -0.2) is 0 Å². The minimum Gasteiger partial charge on any atom is -0.436 e. The van der Waals surface area contributed by atoms with Crippen LogP contribution in [0.5, 0.6) is 5.75 Å². The number of halogens is 5. The second-order valence-corrected chi connectivity index (χ2v) is 7.96. The number of hydrogen-bond donors (Lipinski definition) is 1. The first-order valence-corrected chi connectivity index (χ1v) is 8.83. The zero-order valence-corrected chi connectivity index (χ0v) is 14.5. The molecule has 1 atom stereocenters. The van der Waals surface area contributed by atoms with Crippen LogP contribution in [0.1, 0.15) is 0 Å². The van der Waals surface area contributed by atoms with Crippen molar-refractivity contribution >= 4 is 83.5 Å². The third kappa shape index (κ3) is 3.20. The van der Waals surface area contributed by atoms with Gasteiger partial charge in [0, 0.05) is 0 Å². The summed E-state index contributed by atoms with van der Waals surface area (Å²) in [6.07, 6.45) is 0. The molecule has 2 rings (SSSR count). The highest BCUT2D eigenvalue weighted by atomic mass is 35.5. The van der Waals surface area contributed by atoms with Crippen LogP contribution in [0.2, 0.25) is 25.1 Å². The van der Waals surface area contributed by atoms with Crippen LogP contribution in [-0.4, -0.2) is 0 Å². The van der Waals surface area contributed by atoms with Crippen molar-refractivity contribution in [2.45, 2.75) is 0 Å². The van der Waals surface area contributed by atoms with Gasteiger partial charge in [-0.05, 0) is 0 Å². The molecule has 1 N–H and O–H groups in total. The lowest BCUT2D eigenvalue weighted by Gasteiger charge is -2.16. The highest BCUT2D eigenvalue weighted by Crippen LogP contribution is 2.53. The molecule has 0 aliphatic carbocycles. The third-order valence-corrected chi connectivity index (χ3v) is 6.97. The molecule has 0 radical (unpaired) electrons. The Hall–Kier alpha value is 1.06. The zero-order chi connectivity index (χ0) is 13.3. The van der Waals surface area contributed by atoms with Crippen LogP contribution >= 0.6 is 83.5 Å². The van der Waals surface area contributed by atoms with Gasteiger partial charge in [-0.15, -0.1) is 0 Å². The molecule has 0 saturated carbocycles. The second kappa shape index (κ2) is 6.68. The van der Waals surface area contributed by atoms with Crippen LogP contribution in [0, 0.1) is 0 Å². The van der Waals surface area contributed by atoms with Crippen molar-refractivity contribution < 1.29 is 4.52 Å². The Kier molecular flexibility index (Phi) is 5.73. The number of benzene rings is 1. The van der Waals surface area contributed by atoms with Gasteiger partial charge in [-0.1, -0.05) is 58.0 Å². The number of hydrogen-bond acceptors (Lipinski definition) is 4. The highest BCUT2D eigenvalue weighted by Gasteiger charge is 2.23. The fraction of sp³-hybridized carbons (Fsp3) is 0. The molecular weight excluding hydrogens is 400 g/mol. The molecule has 1 heterocycles. The maximum atomic E-state index is 6.02. The van der Waals surface area contributed by atoms with Crippen LogP contribution in [0.15, 0.2) is 9.03 Å². The standard InChI is InChI=1S/C6HCl5N3OP3/c7-1-2(8)4(10)6(5(11)3(1)9)15-18-13-16-12-17-14-18/h(H,12,13,14). The van der Waals surface area contributed by atoms with E-state index in [1.807, 2.05) is 0 Å². The summed E-state index contributed by atoms with van der Waals surface area (Å²) >= 11 is 29.8. The topological polar surface area (TPSA) is 46.0 Å². The predicted octanol–water partition coefficient (Wildman–Crippen LogP) is 7.25. The molecular formula is C6HCl5N3OP3. The smallest absolute Gasteiger partial charge is 0.311 e. The van der Waals surface area contributed by atoms with Gasteiger partial charge >= 0.3 is 8.45 Å². The van der Waals surface area contributed by atoms with E-state index in [4.69, 9.17) is 62.5 Å². The van der Waals surface area contributed by atoms with Gasteiger partial charge < -0.3 is 4.52 Å². The number of nitrogens with one attached hydrogen (secondary N) is 1. The van der Waals surface area contributed by atoms with E-state index in [2.05, 4.69) is 13.9 Å². The molecule has 0 saturated heterocycles. The van der Waals surface area contributed by atoms with E-state index in [0.29, 0.717) is 17.0 Å². The van der Waals surface area contributed by atoms with Gasteiger partial charge in [0.1, 0.15) is 18.6 Å². The lowest BCUT2D eigenvalue weighted by molar-refractivity contribution is 0.613. The lowest BCUT2D eigenvalue weighted by Crippen LogP contribution is -1.98. The molecule has 0 spiro atoms. The minimum absolute atomic E-state index is 0.0910. The summed E-state index contributed by atoms with van der Waals surface area (Å²) in [4.78, 5) is 2.91. The Morgan fingerprint density at radius 3 is 2.00 bits per heavy atom. The molecule has 0 bridgehead atoms. The van der Waals surface area contributed by atoms with E-state index >= 15 is 0 Å². The normalized spacial score (nSPS) is 19.9. The Labute approximate surface area is 132 Å². The molecule has 1 aromatic carbocycles. The monoisotopic (exact) mass is 399 g/mol. The van der Waals surface area contributed by atoms with E-state index in [1.54, 1.807) is 0 Å². The van der Waals surface area contributed by atoms with Crippen molar-refractivity contribution in [2.75, 3.05) is 0 Å². The largest absolute Gasteiger partial charge is 0.436 e. The van der Waals surface area contributed by atoms with Gasteiger partial charge in [0.25, 0.3) is 0 Å². The lowest BCUT2D eigenvalue weighted by atomic mass is 10.3. The SMILES string of the molecule is Clc1c(Cl)c(Cl)c(OP2N=PN=PN2)c(Cl)c1Cl. The molecule has 0 fully saturated rings. The number of rotatable bonds is 2. The molecule has 4 nitrogen and oxygen atoms in total. The van der Waals surface area contributed by atoms with Crippen molar-refractivity contribution in [2.24, 2.45) is 9.03 Å². The van der Waals surface area contributed by atoms with Gasteiger partial charge in [-0.2, -0.15) is 13.9 Å². The zero-order valence-electron chi connectivity index (χ0n) is 8.03. The van der Waals surface area contributed by atoms with E-state index in [9.17, 15) is 0 Å². The minimum atomic E-state index is -1.29. The Balaban J connectivity index is 2.38. The summed E-state index contributed by atoms with van der Waals surface area (Å²) in [7, 11) is -0.0273. The maximum absolute atomic E-state index is 6.02. The summed E-state index contributed by atoms with van der Waals surface area (Å²) in [5.74, 6) is 0.160. The van der Waals surface area contributed by atoms with Crippen molar-refractivity contribution in [1.82, 2.24) is 4.86 Å². The average Bonchev–Trinajstić information content (AvgIpc) is 2.40. The van der Waals surface area contributed by atoms with Crippen LogP contribution in [-0.2, 0) is 0 Å². The first-order valence-electron chi connectivity index (χ1n) is 4.08. The Morgan fingerprint density at radius 1 is 0.944 bits per heavy atom. The summed E-state index contributed by atoms with van der Waals surface area (Å²) < 4.78 is 13.6. The summed E-state index contributed by atoms with van der Waals surface area (Å²) in [5.41, 5.74) is 0. The first-order chi connectivity index (χ1) is 8.52. The maximum Gasteiger partial charge on any atom is 0.311 e. The fourth-order valence-corrected chi connectivity index (χ4v) is 5.17. The molecule has 96 valence electrons. The summed E-state index contributed by atoms with van der Waals surface area (Å²) in [6.45, 7) is 0. The van der Waals surface area contributed by atoms with E-state index in [0.717, 1.165) is 0 Å². The molecule has 1 aliphatic heterocycles. The molecule has 12 heteroatoms. The van der Waals surface area contributed by atoms with Crippen LogP contribution in [0.3, 0.4) is 0 Å². The Bertz CT molecular complexity index is 525. The fourth-order valence-electron chi connectivity index (χ4n) is 0.943. The molecule has 18 heavy (non-hydrogen) atoms. The van der Waals surface area contributed by atoms with E-state index in [1.165, 1.54) is 0 Å². The molecule has 1 unspecified atom stereocenters. The van der Waals surface area contributed by atoms with Crippen LogP contribution < -0.4 is 9.38 Å². The molecule has 0 aromatic heterocycles. The highest BCUT2D eigenvalue weighted by molar-refractivity contribution is 7.64. The quantitative estimate of drug-likeness (QED) is 0.322. The van der Waals surface area contributed by atoms with E-state index in [-0.39, 0.29) is 30.9 Å².